The van der Waals surface area contributed by atoms with Crippen LogP contribution in [-0.4, -0.2) is 52.1 Å². The number of rotatable bonds is 7. The van der Waals surface area contributed by atoms with Crippen LogP contribution in [0.1, 0.15) is 18.4 Å². The molecule has 1 saturated heterocycles. The molecule has 7 nitrogen and oxygen atoms in total. The molecule has 0 unspecified atom stereocenters. The maximum atomic E-state index is 12.4. The first-order valence-corrected chi connectivity index (χ1v) is 8.52. The molecule has 0 spiro atoms. The largest absolute Gasteiger partial charge is 0.504 e. The van der Waals surface area contributed by atoms with E-state index < -0.39 is 5.97 Å². The van der Waals surface area contributed by atoms with Gasteiger partial charge in [-0.3, -0.25) is 14.5 Å². The summed E-state index contributed by atoms with van der Waals surface area (Å²) in [6.07, 6.45) is 1.89. The highest BCUT2D eigenvalue weighted by Gasteiger charge is 2.31. The Morgan fingerprint density at radius 1 is 1.36 bits per heavy atom. The van der Waals surface area contributed by atoms with Crippen molar-refractivity contribution in [3.8, 4) is 17.2 Å². The molecule has 1 heterocycles. The van der Waals surface area contributed by atoms with Crippen molar-refractivity contribution in [2.75, 3.05) is 20.8 Å². The molecule has 0 aromatic heterocycles. The van der Waals surface area contributed by atoms with Gasteiger partial charge in [0.15, 0.2) is 11.5 Å². The van der Waals surface area contributed by atoms with Crippen LogP contribution in [-0.2, 0) is 9.59 Å². The Labute approximate surface area is 154 Å². The molecule has 0 radical (unpaired) electrons. The van der Waals surface area contributed by atoms with Crippen LogP contribution in [0.15, 0.2) is 17.0 Å². The fraction of sp³-hybridized carbons (Fsp3) is 0.312. The topological polar surface area (TPSA) is 96.3 Å². The fourth-order valence-corrected chi connectivity index (χ4v) is 3.59. The Hall–Kier alpha value is -2.26. The predicted molar refractivity (Wildman–Crippen MR) is 98.0 cm³/mol. The quantitative estimate of drug-likeness (QED) is 0.548. The van der Waals surface area contributed by atoms with Gasteiger partial charge in [-0.05, 0) is 30.2 Å². The average Bonchev–Trinajstić information content (AvgIpc) is 2.81. The molecule has 1 aromatic carbocycles. The summed E-state index contributed by atoms with van der Waals surface area (Å²) in [7, 11) is 2.86. The van der Waals surface area contributed by atoms with Gasteiger partial charge >= 0.3 is 5.97 Å². The van der Waals surface area contributed by atoms with Gasteiger partial charge in [0.1, 0.15) is 4.32 Å². The monoisotopic (exact) mass is 383 g/mol. The zero-order chi connectivity index (χ0) is 18.6. The molecule has 9 heteroatoms. The van der Waals surface area contributed by atoms with Gasteiger partial charge in [-0.15, -0.1) is 0 Å². The van der Waals surface area contributed by atoms with E-state index >= 15 is 0 Å². The van der Waals surface area contributed by atoms with Crippen molar-refractivity contribution in [1.82, 2.24) is 4.90 Å². The van der Waals surface area contributed by atoms with E-state index in [0.29, 0.717) is 27.0 Å². The van der Waals surface area contributed by atoms with Crippen LogP contribution in [0, 0.1) is 0 Å². The van der Waals surface area contributed by atoms with E-state index in [-0.39, 0.29) is 30.4 Å². The molecule has 1 aromatic rings. The first kappa shape index (κ1) is 19.1. The number of carboxylic acids is 1. The summed E-state index contributed by atoms with van der Waals surface area (Å²) < 4.78 is 10.6. The van der Waals surface area contributed by atoms with E-state index in [4.69, 9.17) is 26.8 Å². The molecule has 2 rings (SSSR count). The second-order valence-electron chi connectivity index (χ2n) is 5.11. The highest BCUT2D eigenvalue weighted by molar-refractivity contribution is 8.26. The van der Waals surface area contributed by atoms with E-state index in [1.807, 2.05) is 0 Å². The summed E-state index contributed by atoms with van der Waals surface area (Å²) in [4.78, 5) is 24.8. The second-order valence-corrected chi connectivity index (χ2v) is 6.78. The van der Waals surface area contributed by atoms with Gasteiger partial charge in [-0.25, -0.2) is 0 Å². The Morgan fingerprint density at radius 2 is 2.08 bits per heavy atom. The summed E-state index contributed by atoms with van der Waals surface area (Å²) in [6.45, 7) is 0.255. The number of hydrogen-bond donors (Lipinski definition) is 2. The molecule has 1 amide bonds. The lowest BCUT2D eigenvalue weighted by molar-refractivity contribution is -0.137. The zero-order valence-electron chi connectivity index (χ0n) is 13.6. The maximum Gasteiger partial charge on any atom is 0.303 e. The van der Waals surface area contributed by atoms with Crippen LogP contribution in [0.25, 0.3) is 6.08 Å². The van der Waals surface area contributed by atoms with Crippen molar-refractivity contribution in [2.24, 2.45) is 0 Å². The third-order valence-corrected chi connectivity index (χ3v) is 4.80. The highest BCUT2D eigenvalue weighted by Crippen LogP contribution is 2.39. The molecule has 1 aliphatic rings. The second kappa shape index (κ2) is 8.21. The molecular weight excluding hydrogens is 366 g/mol. The first-order valence-electron chi connectivity index (χ1n) is 7.29. The molecule has 1 fully saturated rings. The van der Waals surface area contributed by atoms with Crippen molar-refractivity contribution in [1.29, 1.82) is 0 Å². The lowest BCUT2D eigenvalue weighted by Crippen LogP contribution is -2.29. The molecule has 0 bridgehead atoms. The number of methoxy groups -OCH3 is 2. The summed E-state index contributed by atoms with van der Waals surface area (Å²) >= 11 is 6.32. The predicted octanol–water partition coefficient (Wildman–Crippen LogP) is 2.48. The average molecular weight is 383 g/mol. The maximum absolute atomic E-state index is 12.4. The first-order chi connectivity index (χ1) is 11.9. The van der Waals surface area contributed by atoms with Gasteiger partial charge in [-0.1, -0.05) is 24.0 Å². The number of phenols is 1. The van der Waals surface area contributed by atoms with Crippen LogP contribution >= 0.6 is 24.0 Å². The highest BCUT2D eigenvalue weighted by atomic mass is 32.2. The number of phenolic OH excluding ortho intramolecular Hbond substituents is 1. The standard InChI is InChI=1S/C16H17NO6S2/c1-22-11-7-9(6-10(18)14(11)23-2)8-12-15(21)17(16(24)25-12)5-3-4-13(19)20/h6-8,18H,3-5H2,1-2H3,(H,19,20)/b12-8-. The summed E-state index contributed by atoms with van der Waals surface area (Å²) in [5, 5.41) is 18.7. The Morgan fingerprint density at radius 3 is 2.68 bits per heavy atom. The van der Waals surface area contributed by atoms with Gasteiger partial charge in [0, 0.05) is 13.0 Å². The molecular formula is C16H17NO6S2. The summed E-state index contributed by atoms with van der Waals surface area (Å²) in [5.74, 6) is -0.756. The minimum atomic E-state index is -0.915. The number of amides is 1. The van der Waals surface area contributed by atoms with Gasteiger partial charge in [0.05, 0.1) is 19.1 Å². The number of aromatic hydroxyl groups is 1. The van der Waals surface area contributed by atoms with E-state index in [2.05, 4.69) is 0 Å². The number of carbonyl (C=O) groups is 2. The number of carbonyl (C=O) groups excluding carboxylic acids is 1. The van der Waals surface area contributed by atoms with Crippen LogP contribution in [0.3, 0.4) is 0 Å². The Kier molecular flexibility index (Phi) is 6.27. The normalized spacial score (nSPS) is 15.8. The van der Waals surface area contributed by atoms with Gasteiger partial charge in [0.2, 0.25) is 5.75 Å². The van der Waals surface area contributed by atoms with Gasteiger partial charge in [0.25, 0.3) is 5.91 Å². The van der Waals surface area contributed by atoms with Crippen molar-refractivity contribution in [2.45, 2.75) is 12.8 Å². The fourth-order valence-electron chi connectivity index (χ4n) is 2.28. The zero-order valence-corrected chi connectivity index (χ0v) is 15.3. The van der Waals surface area contributed by atoms with Crippen molar-refractivity contribution in [3.05, 3.63) is 22.6 Å². The Balaban J connectivity index is 2.21. The van der Waals surface area contributed by atoms with E-state index in [9.17, 15) is 14.7 Å². The number of aliphatic carboxylic acids is 1. The van der Waals surface area contributed by atoms with E-state index in [1.165, 1.54) is 25.2 Å². The number of thioether (sulfide) groups is 1. The van der Waals surface area contributed by atoms with Gasteiger partial charge < -0.3 is 19.7 Å². The number of nitrogens with zero attached hydrogens (tertiary/aromatic N) is 1. The van der Waals surface area contributed by atoms with Gasteiger partial charge in [-0.2, -0.15) is 0 Å². The molecule has 2 N–H and O–H groups in total. The number of hydrogen-bond acceptors (Lipinski definition) is 7. The number of benzene rings is 1. The van der Waals surface area contributed by atoms with Crippen molar-refractivity contribution in [3.63, 3.8) is 0 Å². The van der Waals surface area contributed by atoms with Crippen molar-refractivity contribution < 1.29 is 29.3 Å². The van der Waals surface area contributed by atoms with Crippen LogP contribution in [0.2, 0.25) is 0 Å². The van der Waals surface area contributed by atoms with Crippen molar-refractivity contribution >= 4 is 46.3 Å². The Bertz CT molecular complexity index is 746. The van der Waals surface area contributed by atoms with E-state index in [0.717, 1.165) is 11.8 Å². The smallest absolute Gasteiger partial charge is 0.303 e. The third-order valence-electron chi connectivity index (χ3n) is 3.43. The van der Waals surface area contributed by atoms with E-state index in [1.54, 1.807) is 12.1 Å². The number of carboxylic acid groups (broad SMARTS) is 1. The molecule has 0 saturated carbocycles. The molecule has 1 aliphatic heterocycles. The lowest BCUT2D eigenvalue weighted by atomic mass is 10.1. The summed E-state index contributed by atoms with van der Waals surface area (Å²) in [5.41, 5.74) is 0.557. The minimum absolute atomic E-state index is 0.0281. The molecule has 134 valence electrons. The minimum Gasteiger partial charge on any atom is -0.504 e. The summed E-state index contributed by atoms with van der Waals surface area (Å²) in [6, 6.07) is 3.09. The molecule has 25 heavy (non-hydrogen) atoms. The molecule has 0 aliphatic carbocycles. The SMILES string of the molecule is COc1cc(/C=C2\SC(=S)N(CCCC(=O)O)C2=O)cc(O)c1OC. The number of thiocarbonyl (C=S) groups is 1. The van der Waals surface area contributed by atoms with Crippen LogP contribution < -0.4 is 9.47 Å². The molecule has 0 atom stereocenters. The number of ether oxygens (including phenoxy) is 2. The lowest BCUT2D eigenvalue weighted by Gasteiger charge is -2.13. The van der Waals surface area contributed by atoms with Crippen LogP contribution in [0.4, 0.5) is 0 Å². The third kappa shape index (κ3) is 4.43. The van der Waals surface area contributed by atoms with Crippen LogP contribution in [0.5, 0.6) is 17.2 Å².